The molecule has 2 heterocycles. The molecule has 13 nitrogen and oxygen atoms in total. The summed E-state index contributed by atoms with van der Waals surface area (Å²) >= 11 is 0. The molecule has 274 valence electrons. The van der Waals surface area contributed by atoms with Gasteiger partial charge in [-0.1, -0.05) is 31.2 Å². The van der Waals surface area contributed by atoms with Crippen molar-refractivity contribution in [2.24, 2.45) is 17.3 Å². The van der Waals surface area contributed by atoms with Crippen LogP contribution < -0.4 is 15.4 Å². The van der Waals surface area contributed by atoms with Gasteiger partial charge in [0.05, 0.1) is 36.5 Å². The predicted octanol–water partition coefficient (Wildman–Crippen LogP) is 5.00. The van der Waals surface area contributed by atoms with Crippen molar-refractivity contribution >= 4 is 25.1 Å². The van der Waals surface area contributed by atoms with Crippen molar-refractivity contribution in [2.75, 3.05) is 7.11 Å². The number of methoxy groups -OCH3 is 1. The number of benzene rings is 1. The molecule has 4 fully saturated rings. The average Bonchev–Trinajstić information content (AvgIpc) is 3.58. The number of alkyl carbamates (subject to hydrolysis) is 1. The van der Waals surface area contributed by atoms with Crippen molar-refractivity contribution in [3.63, 3.8) is 0 Å². The second-order valence-electron chi connectivity index (χ2n) is 17.3. The summed E-state index contributed by atoms with van der Waals surface area (Å²) in [5.41, 5.74) is -1.19. The number of aromatic nitrogens is 3. The van der Waals surface area contributed by atoms with E-state index in [1.165, 1.54) is 11.8 Å². The minimum absolute atomic E-state index is 0.101. The van der Waals surface area contributed by atoms with Crippen LogP contribution in [0.5, 0.6) is 5.75 Å². The van der Waals surface area contributed by atoms with Gasteiger partial charge in [-0.3, -0.25) is 4.79 Å². The zero-order valence-corrected chi connectivity index (χ0v) is 31.6. The lowest BCUT2D eigenvalue weighted by molar-refractivity contribution is -0.199. The van der Waals surface area contributed by atoms with E-state index in [9.17, 15) is 14.4 Å². The SMILES string of the molecule is COc1c(C[C@H](NC(=O)Cn2cc(C(C)(C)NC(=O)OC(C)(C)C)nn2)B2O[C@@H]3C[C@@H]4C[C@@H](C4(C)C)[C@]3(C)O2)cccc1C(=O)OC(C)(C)C. The van der Waals surface area contributed by atoms with Crippen molar-refractivity contribution in [2.45, 2.75) is 136 Å². The molecular formula is C36H54BN5O8. The Morgan fingerprint density at radius 1 is 1.04 bits per heavy atom. The standard InChI is InChI=1S/C36H54BN5O8/c1-32(2,3)47-30(44)23-15-13-14-21(29(23)46-12)16-27(37-49-26-18-22-17-24(34(22,7)8)36(26,11)50-37)38-28(43)20-42-19-25(40-41-42)35(9,10)39-31(45)48-33(4,5)6/h13-15,19,22,24,26-27H,16-18,20H2,1-12H3,(H,38,43)(H,39,45)/t22-,24-,26+,27-,36-/m0/s1. The van der Waals surface area contributed by atoms with Crippen LogP contribution in [-0.2, 0) is 42.1 Å². The molecule has 1 aromatic heterocycles. The van der Waals surface area contributed by atoms with Crippen molar-refractivity contribution in [3.05, 3.63) is 41.2 Å². The fraction of sp³-hybridized carbons (Fsp3) is 0.694. The Hall–Kier alpha value is -3.65. The molecule has 4 aliphatic rings. The van der Waals surface area contributed by atoms with Gasteiger partial charge in [0, 0.05) is 0 Å². The van der Waals surface area contributed by atoms with Crippen LogP contribution in [-0.4, -0.2) is 76.0 Å². The number of nitrogens with one attached hydrogen (secondary N) is 2. The molecule has 6 rings (SSSR count). The fourth-order valence-corrected chi connectivity index (χ4v) is 7.69. The van der Waals surface area contributed by atoms with Crippen LogP contribution in [0.15, 0.2) is 24.4 Å². The van der Waals surface area contributed by atoms with E-state index in [1.54, 1.807) is 52.9 Å². The predicted molar refractivity (Wildman–Crippen MR) is 186 cm³/mol. The molecule has 1 saturated heterocycles. The topological polar surface area (TPSA) is 152 Å². The zero-order chi connectivity index (χ0) is 37.0. The molecule has 1 aromatic carbocycles. The van der Waals surface area contributed by atoms with Gasteiger partial charge in [-0.2, -0.15) is 0 Å². The molecule has 3 aliphatic carbocycles. The van der Waals surface area contributed by atoms with E-state index in [4.69, 9.17) is 23.5 Å². The number of esters is 1. The Balaban J connectivity index is 1.37. The Kier molecular flexibility index (Phi) is 9.90. The molecule has 2 amide bonds. The van der Waals surface area contributed by atoms with Crippen LogP contribution in [0.2, 0.25) is 0 Å². The normalized spacial score (nSPS) is 24.8. The molecule has 5 atom stereocenters. The number of hydrogen-bond donors (Lipinski definition) is 2. The fourth-order valence-electron chi connectivity index (χ4n) is 7.69. The van der Waals surface area contributed by atoms with Crippen LogP contribution in [0.4, 0.5) is 4.79 Å². The molecule has 2 N–H and O–H groups in total. The minimum atomic E-state index is -0.916. The minimum Gasteiger partial charge on any atom is -0.496 e. The third-order valence-electron chi connectivity index (χ3n) is 10.3. The van der Waals surface area contributed by atoms with Gasteiger partial charge in [-0.05, 0) is 110 Å². The van der Waals surface area contributed by atoms with Gasteiger partial charge >= 0.3 is 19.2 Å². The Morgan fingerprint density at radius 2 is 1.72 bits per heavy atom. The zero-order valence-electron chi connectivity index (χ0n) is 31.6. The molecular weight excluding hydrogens is 641 g/mol. The van der Waals surface area contributed by atoms with Gasteiger partial charge in [0.25, 0.3) is 0 Å². The van der Waals surface area contributed by atoms with Gasteiger partial charge in [0.2, 0.25) is 5.91 Å². The molecule has 0 spiro atoms. The maximum atomic E-state index is 13.7. The molecule has 14 heteroatoms. The van der Waals surface area contributed by atoms with Crippen molar-refractivity contribution in [3.8, 4) is 5.75 Å². The molecule has 3 saturated carbocycles. The number of amides is 2. The van der Waals surface area contributed by atoms with Crippen molar-refractivity contribution < 1.29 is 37.9 Å². The van der Waals surface area contributed by atoms with E-state index >= 15 is 0 Å². The highest BCUT2D eigenvalue weighted by Crippen LogP contribution is 2.65. The van der Waals surface area contributed by atoms with Gasteiger partial charge < -0.3 is 34.2 Å². The second kappa shape index (κ2) is 13.2. The number of rotatable bonds is 10. The molecule has 0 unspecified atom stereocenters. The first-order valence-electron chi connectivity index (χ1n) is 17.5. The maximum absolute atomic E-state index is 13.7. The summed E-state index contributed by atoms with van der Waals surface area (Å²) in [6.45, 7) is 20.9. The largest absolute Gasteiger partial charge is 0.496 e. The summed E-state index contributed by atoms with van der Waals surface area (Å²) in [6.07, 6.45) is 3.17. The number of carbonyl (C=O) groups excluding carboxylic acids is 3. The van der Waals surface area contributed by atoms with E-state index in [2.05, 4.69) is 41.7 Å². The van der Waals surface area contributed by atoms with Gasteiger partial charge in [-0.25, -0.2) is 14.3 Å². The van der Waals surface area contributed by atoms with E-state index < -0.39 is 47.5 Å². The van der Waals surface area contributed by atoms with Crippen LogP contribution in [0.1, 0.15) is 111 Å². The van der Waals surface area contributed by atoms with Gasteiger partial charge in [0.1, 0.15) is 34.8 Å². The third kappa shape index (κ3) is 7.80. The highest BCUT2D eigenvalue weighted by atomic mass is 16.7. The number of para-hydroxylation sites is 1. The average molecular weight is 696 g/mol. The highest BCUT2D eigenvalue weighted by molar-refractivity contribution is 6.48. The van der Waals surface area contributed by atoms with E-state index in [0.29, 0.717) is 34.4 Å². The summed E-state index contributed by atoms with van der Waals surface area (Å²) in [4.78, 5) is 39.3. The van der Waals surface area contributed by atoms with E-state index in [1.807, 2.05) is 26.8 Å². The van der Waals surface area contributed by atoms with E-state index in [-0.39, 0.29) is 30.4 Å². The van der Waals surface area contributed by atoms with Crippen LogP contribution in [0.25, 0.3) is 0 Å². The van der Waals surface area contributed by atoms with Crippen LogP contribution in [0.3, 0.4) is 0 Å². The van der Waals surface area contributed by atoms with Crippen molar-refractivity contribution in [1.82, 2.24) is 25.6 Å². The molecule has 1 aliphatic heterocycles. The van der Waals surface area contributed by atoms with Crippen LogP contribution >= 0.6 is 0 Å². The summed E-state index contributed by atoms with van der Waals surface area (Å²) in [6, 6.07) is 5.30. The number of nitrogens with zero attached hydrogens (tertiary/aromatic N) is 3. The molecule has 2 bridgehead atoms. The smallest absolute Gasteiger partial charge is 0.482 e. The summed E-state index contributed by atoms with van der Waals surface area (Å²) in [5, 5.41) is 14.3. The summed E-state index contributed by atoms with van der Waals surface area (Å²) in [5.74, 6) is -0.230. The lowest BCUT2D eigenvalue weighted by atomic mass is 9.43. The monoisotopic (exact) mass is 695 g/mol. The van der Waals surface area contributed by atoms with Crippen LogP contribution in [0, 0.1) is 17.3 Å². The first-order valence-corrected chi connectivity index (χ1v) is 17.5. The first kappa shape index (κ1) is 37.6. The Labute approximate surface area is 296 Å². The highest BCUT2D eigenvalue weighted by Gasteiger charge is 2.68. The Morgan fingerprint density at radius 3 is 2.34 bits per heavy atom. The lowest BCUT2D eigenvalue weighted by Crippen LogP contribution is -2.65. The molecule has 0 radical (unpaired) electrons. The first-order chi connectivity index (χ1) is 23.0. The van der Waals surface area contributed by atoms with Gasteiger partial charge in [0.15, 0.2) is 0 Å². The maximum Gasteiger partial charge on any atom is 0.482 e. The van der Waals surface area contributed by atoms with Gasteiger partial charge in [-0.15, -0.1) is 5.10 Å². The second-order valence-corrected chi connectivity index (χ2v) is 17.3. The summed E-state index contributed by atoms with van der Waals surface area (Å²) in [7, 11) is 0.761. The number of carbonyl (C=O) groups is 3. The Bertz CT molecular complexity index is 1610. The summed E-state index contributed by atoms with van der Waals surface area (Å²) < 4.78 is 31.7. The molecule has 2 aromatic rings. The third-order valence-corrected chi connectivity index (χ3v) is 10.3. The quantitative estimate of drug-likeness (QED) is 0.257. The number of ether oxygens (including phenoxy) is 3. The van der Waals surface area contributed by atoms with E-state index in [0.717, 1.165) is 12.8 Å². The molecule has 50 heavy (non-hydrogen) atoms. The lowest BCUT2D eigenvalue weighted by Gasteiger charge is -2.64. The number of hydrogen-bond acceptors (Lipinski definition) is 10. The van der Waals surface area contributed by atoms with Crippen molar-refractivity contribution in [1.29, 1.82) is 0 Å².